The Balaban J connectivity index is 1.64. The first kappa shape index (κ1) is 19.3. The Labute approximate surface area is 160 Å². The molecule has 0 heterocycles. The Morgan fingerprint density at radius 1 is 1.00 bits per heavy atom. The highest BCUT2D eigenvalue weighted by atomic mass is 35.5. The van der Waals surface area contributed by atoms with E-state index in [-0.39, 0.29) is 5.91 Å². The van der Waals surface area contributed by atoms with Crippen LogP contribution in [0.5, 0.6) is 5.75 Å². The van der Waals surface area contributed by atoms with E-state index < -0.39 is 0 Å². The first-order chi connectivity index (χ1) is 11.6. The lowest BCUT2D eigenvalue weighted by molar-refractivity contribution is -0.118. The molecule has 0 aliphatic carbocycles. The van der Waals surface area contributed by atoms with E-state index in [9.17, 15) is 4.79 Å². The van der Waals surface area contributed by atoms with Crippen LogP contribution in [0.15, 0.2) is 42.5 Å². The molecule has 128 valence electrons. The van der Waals surface area contributed by atoms with Crippen molar-refractivity contribution >= 4 is 52.5 Å². The molecule has 0 unspecified atom stereocenters. The summed E-state index contributed by atoms with van der Waals surface area (Å²) in [5, 5.41) is 4.57. The zero-order valence-corrected chi connectivity index (χ0v) is 15.8. The lowest BCUT2D eigenvalue weighted by Gasteiger charge is -2.09. The summed E-state index contributed by atoms with van der Waals surface area (Å²) in [6.07, 6.45) is 0. The van der Waals surface area contributed by atoms with Crippen LogP contribution in [0.3, 0.4) is 0 Å². The molecule has 3 nitrogen and oxygen atoms in total. The number of thioether (sulfide) groups is 1. The smallest absolute Gasteiger partial charge is 0.230 e. The summed E-state index contributed by atoms with van der Waals surface area (Å²) in [5.74, 6) is 1.46. The molecule has 0 aliphatic rings. The van der Waals surface area contributed by atoms with Crippen molar-refractivity contribution in [2.75, 3.05) is 18.9 Å². The fourth-order valence-corrected chi connectivity index (χ4v) is 3.66. The van der Waals surface area contributed by atoms with Crippen LogP contribution < -0.4 is 10.1 Å². The van der Waals surface area contributed by atoms with Crippen molar-refractivity contribution in [3.8, 4) is 5.75 Å². The molecular formula is C17H16Cl3NO2S. The zero-order valence-electron chi connectivity index (χ0n) is 12.7. The van der Waals surface area contributed by atoms with Crippen LogP contribution in [0.2, 0.25) is 15.1 Å². The number of amides is 1. The molecule has 2 aromatic rings. The van der Waals surface area contributed by atoms with E-state index in [2.05, 4.69) is 5.32 Å². The summed E-state index contributed by atoms with van der Waals surface area (Å²) in [6.45, 7) is 0.772. The minimum Gasteiger partial charge on any atom is -0.490 e. The van der Waals surface area contributed by atoms with Crippen LogP contribution >= 0.6 is 46.6 Å². The number of rotatable bonds is 8. The number of ether oxygens (including phenoxy) is 1. The zero-order chi connectivity index (χ0) is 17.4. The third-order valence-corrected chi connectivity index (χ3v) is 5.04. The Bertz CT molecular complexity index is 677. The van der Waals surface area contributed by atoms with Gasteiger partial charge in [0.15, 0.2) is 0 Å². The quantitative estimate of drug-likeness (QED) is 0.624. The summed E-state index contributed by atoms with van der Waals surface area (Å²) >= 11 is 19.6. The van der Waals surface area contributed by atoms with Gasteiger partial charge in [-0.05, 0) is 29.8 Å². The molecule has 0 spiro atoms. The molecule has 7 heteroatoms. The Morgan fingerprint density at radius 2 is 1.67 bits per heavy atom. The van der Waals surface area contributed by atoms with Crippen LogP contribution in [-0.4, -0.2) is 24.8 Å². The van der Waals surface area contributed by atoms with Crippen molar-refractivity contribution in [3.05, 3.63) is 63.1 Å². The van der Waals surface area contributed by atoms with Gasteiger partial charge in [0.05, 0.1) is 17.3 Å². The van der Waals surface area contributed by atoms with Crippen LogP contribution in [0.4, 0.5) is 0 Å². The molecule has 0 saturated carbocycles. The number of halogens is 3. The van der Waals surface area contributed by atoms with Crippen molar-refractivity contribution in [2.24, 2.45) is 0 Å². The molecule has 0 atom stereocenters. The Hall–Kier alpha value is -1.07. The monoisotopic (exact) mass is 403 g/mol. The molecular weight excluding hydrogens is 389 g/mol. The summed E-state index contributed by atoms with van der Waals surface area (Å²) < 4.78 is 5.50. The average Bonchev–Trinajstić information content (AvgIpc) is 2.56. The van der Waals surface area contributed by atoms with Crippen molar-refractivity contribution < 1.29 is 9.53 Å². The van der Waals surface area contributed by atoms with Gasteiger partial charge in [-0.25, -0.2) is 0 Å². The topological polar surface area (TPSA) is 38.3 Å². The Morgan fingerprint density at radius 3 is 2.38 bits per heavy atom. The second kappa shape index (κ2) is 10.0. The van der Waals surface area contributed by atoms with E-state index in [1.54, 1.807) is 30.3 Å². The fourth-order valence-electron chi connectivity index (χ4n) is 1.88. The molecule has 1 N–H and O–H groups in total. The number of nitrogens with one attached hydrogen (secondary N) is 1. The highest BCUT2D eigenvalue weighted by molar-refractivity contribution is 7.99. The van der Waals surface area contributed by atoms with Crippen LogP contribution in [0.1, 0.15) is 5.56 Å². The van der Waals surface area contributed by atoms with E-state index in [1.165, 1.54) is 11.8 Å². The minimum atomic E-state index is -0.0639. The van der Waals surface area contributed by atoms with Gasteiger partial charge in [-0.2, -0.15) is 0 Å². The lowest BCUT2D eigenvalue weighted by atomic mass is 10.2. The third kappa shape index (κ3) is 6.10. The van der Waals surface area contributed by atoms with Gasteiger partial charge in [0.2, 0.25) is 5.91 Å². The molecule has 0 aliphatic heterocycles. The van der Waals surface area contributed by atoms with E-state index >= 15 is 0 Å². The maximum Gasteiger partial charge on any atom is 0.230 e. The van der Waals surface area contributed by atoms with Gasteiger partial charge in [-0.3, -0.25) is 4.79 Å². The molecule has 0 radical (unpaired) electrons. The first-order valence-electron chi connectivity index (χ1n) is 7.22. The second-order valence-corrected chi connectivity index (χ2v) is 7.03. The summed E-state index contributed by atoms with van der Waals surface area (Å²) in [6, 6.07) is 12.6. The normalized spacial score (nSPS) is 10.5. The molecule has 0 aromatic heterocycles. The lowest BCUT2D eigenvalue weighted by Crippen LogP contribution is -2.29. The summed E-state index contributed by atoms with van der Waals surface area (Å²) in [5.41, 5.74) is 0.848. The highest BCUT2D eigenvalue weighted by Crippen LogP contribution is 2.28. The highest BCUT2D eigenvalue weighted by Gasteiger charge is 2.07. The standard InChI is InChI=1S/C17H16Cl3NO2S/c18-13-5-3-6-14(19)12(13)10-24-11-17(22)21-8-9-23-16-7-2-1-4-15(16)20/h1-7H,8-11H2,(H,21,22). The Kier molecular flexibility index (Phi) is 8.06. The van der Waals surface area contributed by atoms with Gasteiger partial charge in [0.25, 0.3) is 0 Å². The third-order valence-electron chi connectivity index (χ3n) is 3.06. The molecule has 1 amide bonds. The van der Waals surface area contributed by atoms with Crippen molar-refractivity contribution in [1.29, 1.82) is 0 Å². The van der Waals surface area contributed by atoms with Gasteiger partial charge in [-0.15, -0.1) is 11.8 Å². The van der Waals surface area contributed by atoms with E-state index in [4.69, 9.17) is 39.5 Å². The van der Waals surface area contributed by atoms with Crippen molar-refractivity contribution in [2.45, 2.75) is 5.75 Å². The van der Waals surface area contributed by atoms with Crippen molar-refractivity contribution in [3.63, 3.8) is 0 Å². The number of hydrogen-bond acceptors (Lipinski definition) is 3. The first-order valence-corrected chi connectivity index (χ1v) is 9.51. The minimum absolute atomic E-state index is 0.0639. The average molecular weight is 405 g/mol. The molecule has 2 rings (SSSR count). The van der Waals surface area contributed by atoms with Crippen LogP contribution in [0, 0.1) is 0 Å². The second-order valence-electron chi connectivity index (χ2n) is 4.82. The van der Waals surface area contributed by atoms with Gasteiger partial charge in [0, 0.05) is 15.8 Å². The number of benzene rings is 2. The molecule has 24 heavy (non-hydrogen) atoms. The van der Waals surface area contributed by atoms with Gasteiger partial charge >= 0.3 is 0 Å². The molecule has 0 saturated heterocycles. The van der Waals surface area contributed by atoms with Crippen molar-refractivity contribution in [1.82, 2.24) is 5.32 Å². The van der Waals surface area contributed by atoms with Gasteiger partial charge < -0.3 is 10.1 Å². The van der Waals surface area contributed by atoms with Crippen LogP contribution in [-0.2, 0) is 10.5 Å². The molecule has 2 aromatic carbocycles. The summed E-state index contributed by atoms with van der Waals surface area (Å²) in [4.78, 5) is 11.8. The van der Waals surface area contributed by atoms with Gasteiger partial charge in [0.1, 0.15) is 12.4 Å². The molecule has 0 bridgehead atoms. The predicted octanol–water partition coefficient (Wildman–Crippen LogP) is 5.08. The molecule has 0 fully saturated rings. The van der Waals surface area contributed by atoms with E-state index in [0.717, 1.165) is 5.56 Å². The number of carbonyl (C=O) groups is 1. The fraction of sp³-hybridized carbons (Fsp3) is 0.235. The van der Waals surface area contributed by atoms with Gasteiger partial charge in [-0.1, -0.05) is 53.0 Å². The van der Waals surface area contributed by atoms with E-state index in [0.29, 0.717) is 45.5 Å². The number of para-hydroxylation sites is 1. The maximum absolute atomic E-state index is 11.8. The number of hydrogen-bond donors (Lipinski definition) is 1. The predicted molar refractivity (Wildman–Crippen MR) is 103 cm³/mol. The maximum atomic E-state index is 11.8. The van der Waals surface area contributed by atoms with E-state index in [1.807, 2.05) is 12.1 Å². The van der Waals surface area contributed by atoms with Crippen LogP contribution in [0.25, 0.3) is 0 Å². The largest absolute Gasteiger partial charge is 0.490 e. The number of carbonyl (C=O) groups excluding carboxylic acids is 1. The SMILES string of the molecule is O=C(CSCc1c(Cl)cccc1Cl)NCCOc1ccccc1Cl. The summed E-state index contributed by atoms with van der Waals surface area (Å²) in [7, 11) is 0.